The van der Waals surface area contributed by atoms with Gasteiger partial charge in [-0.15, -0.1) is 0 Å². The summed E-state index contributed by atoms with van der Waals surface area (Å²) in [6, 6.07) is 40.4. The summed E-state index contributed by atoms with van der Waals surface area (Å²) in [6.07, 6.45) is 0. The minimum Gasteiger partial charge on any atom is -0.457 e. The van der Waals surface area contributed by atoms with Crippen molar-refractivity contribution in [3.63, 3.8) is 0 Å². The summed E-state index contributed by atoms with van der Waals surface area (Å²) in [5, 5.41) is 1.25. The molecule has 1 N–H and O–H groups in total. The van der Waals surface area contributed by atoms with Crippen LogP contribution in [0.2, 0.25) is 0 Å². The van der Waals surface area contributed by atoms with Crippen LogP contribution in [0.1, 0.15) is 50.9 Å². The number of hydrogen-bond donors (Lipinski definition) is 1. The minimum atomic E-state index is 0.0801. The van der Waals surface area contributed by atoms with Gasteiger partial charge in [0, 0.05) is 44.8 Å². The number of aryl methyl sites for hydroxylation is 1. The lowest BCUT2D eigenvalue weighted by molar-refractivity contribution is 0.452. The van der Waals surface area contributed by atoms with Crippen molar-refractivity contribution in [2.24, 2.45) is 0 Å². The summed E-state index contributed by atoms with van der Waals surface area (Å²) in [6.45, 7) is 2.24. The van der Waals surface area contributed by atoms with E-state index in [9.17, 15) is 0 Å². The SMILES string of the molecule is Cc1c(C2c3ccccc3Oc3ccccc32)[nH]c2ccc(C3c4ccccc4Oc4ccccc43)cc12. The van der Waals surface area contributed by atoms with Crippen molar-refractivity contribution < 1.29 is 9.47 Å². The summed E-state index contributed by atoms with van der Waals surface area (Å²) in [5.41, 5.74) is 9.68. The smallest absolute Gasteiger partial charge is 0.131 e. The van der Waals surface area contributed by atoms with Gasteiger partial charge < -0.3 is 14.5 Å². The van der Waals surface area contributed by atoms with E-state index in [1.165, 1.54) is 44.5 Å². The maximum absolute atomic E-state index is 6.28. The Bertz CT molecular complexity index is 1770. The monoisotopic (exact) mass is 491 g/mol. The second-order valence-electron chi connectivity index (χ2n) is 10.2. The lowest BCUT2D eigenvalue weighted by Crippen LogP contribution is -2.12. The number of aromatic amines is 1. The third-order valence-corrected chi connectivity index (χ3v) is 8.10. The average molecular weight is 492 g/mol. The van der Waals surface area contributed by atoms with Crippen LogP contribution in [-0.4, -0.2) is 4.98 Å². The number of para-hydroxylation sites is 4. The van der Waals surface area contributed by atoms with E-state index in [1.807, 2.05) is 24.3 Å². The number of hydrogen-bond acceptors (Lipinski definition) is 2. The Balaban J connectivity index is 1.31. The van der Waals surface area contributed by atoms with Gasteiger partial charge >= 0.3 is 0 Å². The molecule has 0 bridgehead atoms. The average Bonchev–Trinajstić information content (AvgIpc) is 3.29. The molecule has 3 heteroatoms. The largest absolute Gasteiger partial charge is 0.457 e. The van der Waals surface area contributed by atoms with E-state index in [0.717, 1.165) is 28.5 Å². The molecule has 0 spiro atoms. The van der Waals surface area contributed by atoms with Crippen molar-refractivity contribution in [3.05, 3.63) is 154 Å². The molecule has 0 atom stereocenters. The zero-order valence-electron chi connectivity index (χ0n) is 20.9. The predicted molar refractivity (Wildman–Crippen MR) is 151 cm³/mol. The zero-order valence-corrected chi connectivity index (χ0v) is 20.9. The highest BCUT2D eigenvalue weighted by molar-refractivity contribution is 5.86. The molecule has 2 aliphatic heterocycles. The van der Waals surface area contributed by atoms with E-state index in [-0.39, 0.29) is 11.8 Å². The summed E-state index contributed by atoms with van der Waals surface area (Å²) in [4.78, 5) is 3.80. The molecule has 6 aromatic rings. The van der Waals surface area contributed by atoms with Gasteiger partial charge in [0.1, 0.15) is 23.0 Å². The van der Waals surface area contributed by atoms with Gasteiger partial charge in [-0.3, -0.25) is 0 Å². The summed E-state index contributed by atoms with van der Waals surface area (Å²) in [5.74, 6) is 3.89. The molecule has 3 nitrogen and oxygen atoms in total. The van der Waals surface area contributed by atoms with E-state index >= 15 is 0 Å². The Labute approximate surface area is 221 Å². The molecule has 0 unspecified atom stereocenters. The van der Waals surface area contributed by atoms with E-state index in [4.69, 9.17) is 9.47 Å². The van der Waals surface area contributed by atoms with Crippen LogP contribution in [-0.2, 0) is 0 Å². The quantitative estimate of drug-likeness (QED) is 0.262. The van der Waals surface area contributed by atoms with Crippen LogP contribution < -0.4 is 9.47 Å². The fourth-order valence-electron chi connectivity index (χ4n) is 6.32. The Kier molecular flexibility index (Phi) is 4.56. The highest BCUT2D eigenvalue weighted by Crippen LogP contribution is 2.50. The Morgan fingerprint density at radius 1 is 0.526 bits per heavy atom. The lowest BCUT2D eigenvalue weighted by atomic mass is 9.82. The number of fused-ring (bicyclic) bond motifs is 5. The predicted octanol–water partition coefficient (Wildman–Crippen LogP) is 9.05. The Hall–Kier alpha value is -4.76. The molecule has 0 amide bonds. The first kappa shape index (κ1) is 21.3. The third kappa shape index (κ3) is 3.08. The normalized spacial score (nSPS) is 14.1. The number of H-pyrrole nitrogens is 1. The maximum Gasteiger partial charge on any atom is 0.131 e. The summed E-state index contributed by atoms with van der Waals surface area (Å²) < 4.78 is 12.6. The van der Waals surface area contributed by atoms with Crippen LogP contribution >= 0.6 is 0 Å². The van der Waals surface area contributed by atoms with Crippen LogP contribution in [0.4, 0.5) is 0 Å². The number of benzene rings is 5. The molecule has 0 saturated heterocycles. The van der Waals surface area contributed by atoms with E-state index in [2.05, 4.69) is 103 Å². The molecule has 0 fully saturated rings. The van der Waals surface area contributed by atoms with E-state index < -0.39 is 0 Å². The van der Waals surface area contributed by atoms with Crippen molar-refractivity contribution in [3.8, 4) is 23.0 Å². The van der Waals surface area contributed by atoms with Gasteiger partial charge in [-0.05, 0) is 54.4 Å². The van der Waals surface area contributed by atoms with Gasteiger partial charge in [0.25, 0.3) is 0 Å². The molecular formula is C35H25NO2. The van der Waals surface area contributed by atoms with Crippen LogP contribution in [0.5, 0.6) is 23.0 Å². The van der Waals surface area contributed by atoms with Gasteiger partial charge in [-0.2, -0.15) is 0 Å². The lowest BCUT2D eigenvalue weighted by Gasteiger charge is -2.28. The van der Waals surface area contributed by atoms with Crippen LogP contribution in [0.3, 0.4) is 0 Å². The van der Waals surface area contributed by atoms with Gasteiger partial charge in [0.15, 0.2) is 0 Å². The van der Waals surface area contributed by atoms with Crippen molar-refractivity contribution >= 4 is 10.9 Å². The number of aromatic nitrogens is 1. The highest BCUT2D eigenvalue weighted by atomic mass is 16.5. The van der Waals surface area contributed by atoms with E-state index in [1.54, 1.807) is 0 Å². The van der Waals surface area contributed by atoms with Crippen molar-refractivity contribution in [1.29, 1.82) is 0 Å². The first-order valence-corrected chi connectivity index (χ1v) is 13.1. The van der Waals surface area contributed by atoms with Crippen LogP contribution in [0, 0.1) is 6.92 Å². The minimum absolute atomic E-state index is 0.0801. The summed E-state index contributed by atoms with van der Waals surface area (Å²) >= 11 is 0. The fraction of sp³-hybridized carbons (Fsp3) is 0.0857. The number of nitrogens with one attached hydrogen (secondary N) is 1. The first-order chi connectivity index (χ1) is 18.8. The molecule has 182 valence electrons. The van der Waals surface area contributed by atoms with E-state index in [0.29, 0.717) is 0 Å². The number of rotatable bonds is 2. The summed E-state index contributed by atoms with van der Waals surface area (Å²) in [7, 11) is 0. The van der Waals surface area contributed by atoms with Gasteiger partial charge in [0.2, 0.25) is 0 Å². The first-order valence-electron chi connectivity index (χ1n) is 13.1. The molecule has 1 aromatic heterocycles. The maximum atomic E-state index is 6.28. The van der Waals surface area contributed by atoms with Crippen molar-refractivity contribution in [1.82, 2.24) is 4.98 Å². The second-order valence-corrected chi connectivity index (χ2v) is 10.2. The molecule has 0 radical (unpaired) electrons. The molecule has 38 heavy (non-hydrogen) atoms. The molecular weight excluding hydrogens is 466 g/mol. The molecule has 5 aromatic carbocycles. The van der Waals surface area contributed by atoms with Crippen molar-refractivity contribution in [2.75, 3.05) is 0 Å². The molecule has 0 aliphatic carbocycles. The third-order valence-electron chi connectivity index (χ3n) is 8.10. The molecule has 8 rings (SSSR count). The topological polar surface area (TPSA) is 34.2 Å². The van der Waals surface area contributed by atoms with Crippen molar-refractivity contribution in [2.45, 2.75) is 18.8 Å². The van der Waals surface area contributed by atoms with Crippen LogP contribution in [0.25, 0.3) is 10.9 Å². The Morgan fingerprint density at radius 2 is 0.974 bits per heavy atom. The van der Waals surface area contributed by atoms with Gasteiger partial charge in [-0.1, -0.05) is 78.9 Å². The fourth-order valence-corrected chi connectivity index (χ4v) is 6.32. The molecule has 3 heterocycles. The second kappa shape index (κ2) is 8.12. The van der Waals surface area contributed by atoms with Gasteiger partial charge in [-0.25, -0.2) is 0 Å². The van der Waals surface area contributed by atoms with Gasteiger partial charge in [0.05, 0.1) is 5.92 Å². The standard InChI is InChI=1S/C35H25NO2/c1-21-27-20-22(33-23-10-2-6-14-29(23)37-30-15-7-3-11-24(30)33)18-19-28(27)36-35(21)34-25-12-4-8-16-31(25)38-32-17-9-5-13-26(32)34/h2-20,33-34,36H,1H3. The number of ether oxygens (including phenoxy) is 2. The molecule has 0 saturated carbocycles. The molecule has 2 aliphatic rings. The Morgan fingerprint density at radius 3 is 1.47 bits per heavy atom. The zero-order chi connectivity index (χ0) is 25.2. The highest BCUT2D eigenvalue weighted by Gasteiger charge is 2.32. The van der Waals surface area contributed by atoms with Crippen LogP contribution in [0.15, 0.2) is 115 Å².